The zero-order valence-corrected chi connectivity index (χ0v) is 14.6. The molecule has 1 N–H and O–H groups in total. The van der Waals surface area contributed by atoms with Gasteiger partial charge in [-0.15, -0.1) is 0 Å². The van der Waals surface area contributed by atoms with E-state index in [9.17, 15) is 4.79 Å². The zero-order chi connectivity index (χ0) is 17.7. The molecule has 7 nitrogen and oxygen atoms in total. The highest BCUT2D eigenvalue weighted by molar-refractivity contribution is 5.98. The molecule has 1 aromatic carbocycles. The second-order valence-corrected chi connectivity index (χ2v) is 5.17. The number of benzene rings is 1. The highest BCUT2D eigenvalue weighted by Crippen LogP contribution is 2.39. The molecule has 1 amide bonds. The van der Waals surface area contributed by atoms with Crippen molar-refractivity contribution < 1.29 is 19.0 Å². The maximum Gasteiger partial charge on any atom is 0.255 e. The molecule has 0 aliphatic heterocycles. The Morgan fingerprint density at radius 2 is 1.88 bits per heavy atom. The van der Waals surface area contributed by atoms with Crippen LogP contribution in [0.1, 0.15) is 35.9 Å². The molecule has 1 aromatic heterocycles. The van der Waals surface area contributed by atoms with Gasteiger partial charge in [-0.2, -0.15) is 5.10 Å². The Hall–Kier alpha value is -2.70. The summed E-state index contributed by atoms with van der Waals surface area (Å²) >= 11 is 0. The Kier molecular flexibility index (Phi) is 5.68. The number of aryl methyl sites for hydroxylation is 1. The molecule has 1 unspecified atom stereocenters. The van der Waals surface area contributed by atoms with Crippen LogP contribution < -0.4 is 19.5 Å². The molecule has 0 saturated heterocycles. The molecule has 0 radical (unpaired) electrons. The third-order valence-electron chi connectivity index (χ3n) is 3.73. The molecule has 24 heavy (non-hydrogen) atoms. The number of ether oxygens (including phenoxy) is 3. The van der Waals surface area contributed by atoms with Crippen molar-refractivity contribution in [2.45, 2.75) is 26.4 Å². The summed E-state index contributed by atoms with van der Waals surface area (Å²) in [6, 6.07) is 4.98. The van der Waals surface area contributed by atoms with E-state index in [4.69, 9.17) is 14.2 Å². The number of aromatic nitrogens is 2. The molecule has 7 heteroatoms. The summed E-state index contributed by atoms with van der Waals surface area (Å²) in [6.07, 6.45) is 1.88. The van der Waals surface area contributed by atoms with Crippen LogP contribution in [0.3, 0.4) is 0 Å². The van der Waals surface area contributed by atoms with E-state index < -0.39 is 0 Å². The predicted octanol–water partition coefficient (Wildman–Crippen LogP) is 2.42. The average Bonchev–Trinajstić information content (AvgIpc) is 3.09. The first-order chi connectivity index (χ1) is 11.5. The fourth-order valence-corrected chi connectivity index (χ4v) is 2.41. The Morgan fingerprint density at radius 3 is 2.42 bits per heavy atom. The third-order valence-corrected chi connectivity index (χ3v) is 3.73. The molecule has 0 fully saturated rings. The summed E-state index contributed by atoms with van der Waals surface area (Å²) in [5, 5.41) is 7.33. The molecule has 0 saturated carbocycles. The Balaban J connectivity index is 2.25. The van der Waals surface area contributed by atoms with Crippen molar-refractivity contribution in [3.8, 4) is 17.2 Å². The van der Waals surface area contributed by atoms with E-state index in [-0.39, 0.29) is 11.9 Å². The number of carbonyl (C=O) groups is 1. The van der Waals surface area contributed by atoms with Gasteiger partial charge < -0.3 is 19.5 Å². The number of amides is 1. The second kappa shape index (κ2) is 7.72. The summed E-state index contributed by atoms with van der Waals surface area (Å²) in [5.41, 5.74) is 1.17. The molecule has 2 aromatic rings. The van der Waals surface area contributed by atoms with Crippen LogP contribution in [0.4, 0.5) is 0 Å². The van der Waals surface area contributed by atoms with Gasteiger partial charge in [0.1, 0.15) is 0 Å². The topological polar surface area (TPSA) is 74.6 Å². The summed E-state index contributed by atoms with van der Waals surface area (Å²) in [6.45, 7) is 4.67. The lowest BCUT2D eigenvalue weighted by molar-refractivity contribution is 0.0935. The number of rotatable bonds is 7. The molecular weight excluding hydrogens is 310 g/mol. The summed E-state index contributed by atoms with van der Waals surface area (Å²) in [5.74, 6) is 0.947. The quantitative estimate of drug-likeness (QED) is 0.842. The Morgan fingerprint density at radius 1 is 1.17 bits per heavy atom. The first-order valence-electron chi connectivity index (χ1n) is 7.68. The normalized spacial score (nSPS) is 11.7. The van der Waals surface area contributed by atoms with Crippen LogP contribution in [0, 0.1) is 0 Å². The molecule has 1 atom stereocenters. The van der Waals surface area contributed by atoms with Crippen molar-refractivity contribution >= 4 is 5.91 Å². The number of methoxy groups -OCH3 is 3. The van der Waals surface area contributed by atoms with E-state index in [1.807, 2.05) is 30.8 Å². The highest BCUT2D eigenvalue weighted by Gasteiger charge is 2.22. The number of nitrogens with one attached hydrogen (secondary N) is 1. The number of hydrogen-bond donors (Lipinski definition) is 1. The monoisotopic (exact) mass is 333 g/mol. The zero-order valence-electron chi connectivity index (χ0n) is 14.6. The van der Waals surface area contributed by atoms with Crippen LogP contribution >= 0.6 is 0 Å². The van der Waals surface area contributed by atoms with Crippen LogP contribution in [-0.2, 0) is 6.54 Å². The van der Waals surface area contributed by atoms with E-state index in [0.29, 0.717) is 22.8 Å². The largest absolute Gasteiger partial charge is 0.493 e. The maximum atomic E-state index is 12.6. The second-order valence-electron chi connectivity index (χ2n) is 5.17. The molecule has 2 rings (SSSR count). The lowest BCUT2D eigenvalue weighted by Crippen LogP contribution is -2.27. The molecule has 0 aliphatic carbocycles. The predicted molar refractivity (Wildman–Crippen MR) is 89.9 cm³/mol. The lowest BCUT2D eigenvalue weighted by Gasteiger charge is -2.17. The van der Waals surface area contributed by atoms with Crippen molar-refractivity contribution in [2.24, 2.45) is 0 Å². The minimum Gasteiger partial charge on any atom is -0.493 e. The van der Waals surface area contributed by atoms with E-state index in [1.54, 1.807) is 12.1 Å². The van der Waals surface area contributed by atoms with Crippen molar-refractivity contribution in [2.75, 3.05) is 21.3 Å². The molecular formula is C17H23N3O4. The van der Waals surface area contributed by atoms with Crippen molar-refractivity contribution in [3.63, 3.8) is 0 Å². The van der Waals surface area contributed by atoms with E-state index in [2.05, 4.69) is 10.4 Å². The Bertz CT molecular complexity index is 712. The standard InChI is InChI=1S/C17H23N3O4/c1-6-20-10-9-13(19-20)11(2)18-17(21)12-7-8-14(22-3)16(24-5)15(12)23-4/h7-11H,6H2,1-5H3,(H,18,21). The number of hydrogen-bond acceptors (Lipinski definition) is 5. The smallest absolute Gasteiger partial charge is 0.255 e. The minimum atomic E-state index is -0.272. The van der Waals surface area contributed by atoms with Crippen LogP contribution in [0.5, 0.6) is 17.2 Å². The average molecular weight is 333 g/mol. The van der Waals surface area contributed by atoms with Gasteiger partial charge in [-0.1, -0.05) is 0 Å². The van der Waals surface area contributed by atoms with E-state index in [0.717, 1.165) is 12.2 Å². The van der Waals surface area contributed by atoms with E-state index in [1.165, 1.54) is 21.3 Å². The maximum absolute atomic E-state index is 12.6. The van der Waals surface area contributed by atoms with Gasteiger partial charge in [0.25, 0.3) is 5.91 Å². The first-order valence-corrected chi connectivity index (χ1v) is 7.68. The molecule has 0 bridgehead atoms. The van der Waals surface area contributed by atoms with Crippen LogP contribution in [-0.4, -0.2) is 37.0 Å². The van der Waals surface area contributed by atoms with Gasteiger partial charge in [0.15, 0.2) is 11.5 Å². The molecule has 0 aliphatic rings. The van der Waals surface area contributed by atoms with Gasteiger partial charge >= 0.3 is 0 Å². The Labute approximate surface area is 141 Å². The van der Waals surface area contributed by atoms with Gasteiger partial charge in [0, 0.05) is 12.7 Å². The van der Waals surface area contributed by atoms with Gasteiger partial charge in [0.2, 0.25) is 5.75 Å². The van der Waals surface area contributed by atoms with Crippen molar-refractivity contribution in [3.05, 3.63) is 35.7 Å². The fourth-order valence-electron chi connectivity index (χ4n) is 2.41. The highest BCUT2D eigenvalue weighted by atomic mass is 16.5. The molecule has 0 spiro atoms. The number of carbonyl (C=O) groups excluding carboxylic acids is 1. The molecule has 1 heterocycles. The van der Waals surface area contributed by atoms with E-state index >= 15 is 0 Å². The van der Waals surface area contributed by atoms with Crippen LogP contribution in [0.15, 0.2) is 24.4 Å². The summed E-state index contributed by atoms with van der Waals surface area (Å²) in [4.78, 5) is 12.6. The third kappa shape index (κ3) is 3.45. The van der Waals surface area contributed by atoms with Gasteiger partial charge in [-0.3, -0.25) is 9.48 Å². The molecule has 130 valence electrons. The van der Waals surface area contributed by atoms with Crippen molar-refractivity contribution in [1.82, 2.24) is 15.1 Å². The summed E-state index contributed by atoms with van der Waals surface area (Å²) < 4.78 is 17.7. The van der Waals surface area contributed by atoms with Crippen LogP contribution in [0.25, 0.3) is 0 Å². The SMILES string of the molecule is CCn1ccc(C(C)NC(=O)c2ccc(OC)c(OC)c2OC)n1. The summed E-state index contributed by atoms with van der Waals surface area (Å²) in [7, 11) is 4.52. The first kappa shape index (κ1) is 17.7. The fraction of sp³-hybridized carbons (Fsp3) is 0.412. The van der Waals surface area contributed by atoms with Crippen LogP contribution in [0.2, 0.25) is 0 Å². The van der Waals surface area contributed by atoms with Crippen molar-refractivity contribution in [1.29, 1.82) is 0 Å². The van der Waals surface area contributed by atoms with Gasteiger partial charge in [-0.05, 0) is 32.0 Å². The van der Waals surface area contributed by atoms with Gasteiger partial charge in [0.05, 0.1) is 38.6 Å². The van der Waals surface area contributed by atoms with Gasteiger partial charge in [-0.25, -0.2) is 0 Å². The minimum absolute atomic E-state index is 0.233. The number of nitrogens with zero attached hydrogens (tertiary/aromatic N) is 2. The lowest BCUT2D eigenvalue weighted by atomic mass is 10.1.